The van der Waals surface area contributed by atoms with Crippen molar-refractivity contribution in [3.05, 3.63) is 24.0 Å². The lowest BCUT2D eigenvalue weighted by molar-refractivity contribution is 1.01. The smallest absolute Gasteiger partial charge is 0.176 e. The molecule has 56 valence electrons. The second-order valence-corrected chi connectivity index (χ2v) is 2.69. The number of fused-ring (bicyclic) bond motifs is 1. The lowest BCUT2D eigenvalue weighted by Gasteiger charge is -1.92. The van der Waals surface area contributed by atoms with E-state index < -0.39 is 0 Å². The van der Waals surface area contributed by atoms with Crippen molar-refractivity contribution in [3.63, 3.8) is 0 Å². The van der Waals surface area contributed by atoms with E-state index in [-0.39, 0.29) is 0 Å². The molecule has 2 aromatic heterocycles. The first-order valence-corrected chi connectivity index (χ1v) is 3.58. The normalized spacial score (nSPS) is 10.7. The van der Waals surface area contributed by atoms with Gasteiger partial charge in [0.2, 0.25) is 0 Å². The molecule has 0 bridgehead atoms. The quantitative estimate of drug-likeness (QED) is 0.599. The monoisotopic (exact) mass is 167 g/mol. The van der Waals surface area contributed by atoms with Crippen LogP contribution >= 0.6 is 11.8 Å². The van der Waals surface area contributed by atoms with Crippen molar-refractivity contribution in [1.29, 1.82) is 0 Å². The van der Waals surface area contributed by atoms with Crippen LogP contribution in [-0.2, 0) is 0 Å². The lowest BCUT2D eigenvalue weighted by Crippen LogP contribution is -1.84. The van der Waals surface area contributed by atoms with Crippen LogP contribution in [0.25, 0.3) is 11.0 Å². The van der Waals surface area contributed by atoms with E-state index in [0.717, 1.165) is 10.9 Å². The molecule has 0 saturated carbocycles. The lowest BCUT2D eigenvalue weighted by atomic mass is 10.2. The van der Waals surface area contributed by atoms with Crippen molar-refractivity contribution in [2.75, 3.05) is 0 Å². The number of aromatic nitrogens is 3. The highest BCUT2D eigenvalue weighted by Crippen LogP contribution is 2.14. The Kier molecular flexibility index (Phi) is 1.32. The number of halogens is 1. The molecule has 2 aromatic rings. The molecule has 3 nitrogen and oxygen atoms in total. The Morgan fingerprint density at radius 2 is 2.36 bits per heavy atom. The van der Waals surface area contributed by atoms with E-state index in [1.54, 1.807) is 12.4 Å². The van der Waals surface area contributed by atoms with Crippen molar-refractivity contribution >= 4 is 22.8 Å². The Morgan fingerprint density at radius 3 is 3.09 bits per heavy atom. The minimum Gasteiger partial charge on any atom is -0.236 e. The van der Waals surface area contributed by atoms with E-state index in [9.17, 15) is 0 Å². The maximum atomic E-state index is 5.69. The predicted molar refractivity (Wildman–Crippen MR) is 43.5 cm³/mol. The summed E-state index contributed by atoms with van der Waals surface area (Å²) >= 11 is 5.69. The zero-order valence-corrected chi connectivity index (χ0v) is 6.71. The van der Waals surface area contributed by atoms with E-state index in [4.69, 9.17) is 11.8 Å². The van der Waals surface area contributed by atoms with Gasteiger partial charge in [0, 0.05) is 23.4 Å². The zero-order valence-electron chi connectivity index (χ0n) is 5.95. The molecule has 2 heterocycles. The van der Waals surface area contributed by atoms with Gasteiger partial charge in [-0.3, -0.25) is 0 Å². The molecule has 0 saturated heterocycles. The topological polar surface area (TPSA) is 30.7 Å². The largest absolute Gasteiger partial charge is 0.236 e. The molecule has 0 N–H and O–H groups in total. The zero-order chi connectivity index (χ0) is 7.84. The van der Waals surface area contributed by atoms with Crippen molar-refractivity contribution in [1.82, 2.24) is 14.3 Å². The molecule has 0 unspecified atom stereocenters. The molecule has 0 amide bonds. The molecular formula is C7H6ClN3. The van der Waals surface area contributed by atoms with E-state index in [2.05, 4.69) is 10.1 Å². The number of pyridine rings is 1. The number of hydrogen-bond acceptors (Lipinski definition) is 2. The summed E-state index contributed by atoms with van der Waals surface area (Å²) in [7, 11) is 0. The fourth-order valence-corrected chi connectivity index (χ4v) is 1.20. The third-order valence-electron chi connectivity index (χ3n) is 1.65. The van der Waals surface area contributed by atoms with Crippen molar-refractivity contribution < 1.29 is 0 Å². The van der Waals surface area contributed by atoms with Gasteiger partial charge >= 0.3 is 0 Å². The molecular weight excluding hydrogens is 162 g/mol. The van der Waals surface area contributed by atoms with Gasteiger partial charge in [-0.05, 0) is 18.6 Å². The van der Waals surface area contributed by atoms with Gasteiger partial charge in [0.05, 0.1) is 6.20 Å². The molecule has 11 heavy (non-hydrogen) atoms. The highest BCUT2D eigenvalue weighted by atomic mass is 35.5. The van der Waals surface area contributed by atoms with Gasteiger partial charge in [-0.2, -0.15) is 9.30 Å². The van der Waals surface area contributed by atoms with Gasteiger partial charge in [0.25, 0.3) is 0 Å². The highest BCUT2D eigenvalue weighted by molar-refractivity contribution is 6.17. The summed E-state index contributed by atoms with van der Waals surface area (Å²) in [4.78, 5) is 4.07. The summed E-state index contributed by atoms with van der Waals surface area (Å²) < 4.78 is 1.25. The Morgan fingerprint density at radius 1 is 1.55 bits per heavy atom. The second kappa shape index (κ2) is 2.20. The van der Waals surface area contributed by atoms with Gasteiger partial charge < -0.3 is 0 Å². The van der Waals surface area contributed by atoms with Gasteiger partial charge in [-0.15, -0.1) is 0 Å². The molecule has 0 aliphatic carbocycles. The van der Waals surface area contributed by atoms with Gasteiger partial charge in [0.1, 0.15) is 0 Å². The molecule has 0 spiro atoms. The SMILES string of the molecule is Cc1ccnc2c1cnn2Cl. The average Bonchev–Trinajstić information content (AvgIpc) is 2.35. The maximum absolute atomic E-state index is 5.69. The summed E-state index contributed by atoms with van der Waals surface area (Å²) in [5.74, 6) is 0. The second-order valence-electron chi connectivity index (χ2n) is 2.37. The number of rotatable bonds is 0. The third-order valence-corrected chi connectivity index (χ3v) is 1.90. The fourth-order valence-electron chi connectivity index (χ4n) is 1.03. The summed E-state index contributed by atoms with van der Waals surface area (Å²) in [6, 6.07) is 1.93. The van der Waals surface area contributed by atoms with Crippen molar-refractivity contribution in [3.8, 4) is 0 Å². The Hall–Kier alpha value is -1.09. The average molecular weight is 168 g/mol. The number of hydrogen-bond donors (Lipinski definition) is 0. The van der Waals surface area contributed by atoms with Crippen LogP contribution in [0.4, 0.5) is 0 Å². The van der Waals surface area contributed by atoms with Gasteiger partial charge in [-0.25, -0.2) is 4.98 Å². The van der Waals surface area contributed by atoms with Crippen LogP contribution in [0.5, 0.6) is 0 Å². The Labute approximate surface area is 68.7 Å². The van der Waals surface area contributed by atoms with Crippen LogP contribution in [0.3, 0.4) is 0 Å². The first kappa shape index (κ1) is 6.61. The summed E-state index contributed by atoms with van der Waals surface area (Å²) in [6.07, 6.45) is 3.43. The van der Waals surface area contributed by atoms with Gasteiger partial charge in [-0.1, -0.05) is 0 Å². The summed E-state index contributed by atoms with van der Waals surface area (Å²) in [5.41, 5.74) is 1.86. The minimum atomic E-state index is 0.715. The summed E-state index contributed by atoms with van der Waals surface area (Å²) in [5, 5.41) is 4.88. The number of nitrogens with zero attached hydrogens (tertiary/aromatic N) is 3. The van der Waals surface area contributed by atoms with Crippen molar-refractivity contribution in [2.24, 2.45) is 0 Å². The highest BCUT2D eigenvalue weighted by Gasteiger charge is 2.02. The van der Waals surface area contributed by atoms with Crippen LogP contribution in [0, 0.1) is 6.92 Å². The van der Waals surface area contributed by atoms with Crippen molar-refractivity contribution in [2.45, 2.75) is 6.92 Å². The predicted octanol–water partition coefficient (Wildman–Crippen LogP) is 1.74. The Bertz CT molecular complexity index is 393. The van der Waals surface area contributed by atoms with Crippen LogP contribution in [-0.4, -0.2) is 14.3 Å². The van der Waals surface area contributed by atoms with E-state index >= 15 is 0 Å². The van der Waals surface area contributed by atoms with Crippen LogP contribution < -0.4 is 0 Å². The Balaban J connectivity index is 2.94. The van der Waals surface area contributed by atoms with Crippen LogP contribution in [0.15, 0.2) is 18.5 Å². The molecule has 0 aliphatic heterocycles. The molecule has 4 heteroatoms. The number of aryl methyl sites for hydroxylation is 1. The summed E-state index contributed by atoms with van der Waals surface area (Å²) in [6.45, 7) is 2.00. The van der Waals surface area contributed by atoms with Gasteiger partial charge in [0.15, 0.2) is 5.65 Å². The molecule has 0 aromatic carbocycles. The first-order chi connectivity index (χ1) is 5.29. The molecule has 0 aliphatic rings. The van der Waals surface area contributed by atoms with E-state index in [0.29, 0.717) is 5.65 Å². The van der Waals surface area contributed by atoms with E-state index in [1.807, 2.05) is 13.0 Å². The molecule has 0 fully saturated rings. The molecule has 0 atom stereocenters. The molecule has 2 rings (SSSR count). The van der Waals surface area contributed by atoms with Crippen LogP contribution in [0.1, 0.15) is 5.56 Å². The first-order valence-electron chi connectivity index (χ1n) is 3.24. The fraction of sp³-hybridized carbons (Fsp3) is 0.143. The maximum Gasteiger partial charge on any atom is 0.176 e. The minimum absolute atomic E-state index is 0.715. The molecule has 0 radical (unpaired) electrons. The third kappa shape index (κ3) is 0.886. The standard InChI is InChI=1S/C7H6ClN3/c1-5-2-3-9-7-6(5)4-10-11(7)8/h2-4H,1H3. The van der Waals surface area contributed by atoms with E-state index in [1.165, 1.54) is 4.20 Å². The van der Waals surface area contributed by atoms with Crippen LogP contribution in [0.2, 0.25) is 0 Å².